The van der Waals surface area contributed by atoms with Gasteiger partial charge in [0.2, 0.25) is 17.7 Å². The zero-order valence-electron chi connectivity index (χ0n) is 23.7. The lowest BCUT2D eigenvalue weighted by atomic mass is 10.0. The Morgan fingerprint density at radius 1 is 1.16 bits per heavy atom. The number of rotatable bonds is 12. The SMILES string of the molecule is C#CC#COONCCCC[C@H]1NC(=O)C(CCC(=O)OC)NC(=O)c2cc([N+](=O)[O-])ccc2OCCC(C(N)=O)NC1=O. The monoisotopic (exact) mass is 616 g/mol. The van der Waals surface area contributed by atoms with E-state index in [1.807, 2.05) is 5.92 Å². The molecule has 17 nitrogen and oxygen atoms in total. The van der Waals surface area contributed by atoms with Gasteiger partial charge in [0.1, 0.15) is 23.9 Å². The average Bonchev–Trinajstić information content (AvgIpc) is 2.99. The Morgan fingerprint density at radius 2 is 1.89 bits per heavy atom. The summed E-state index contributed by atoms with van der Waals surface area (Å²) in [6.45, 7) is 0.0405. The minimum absolute atomic E-state index is 0.0751. The molecule has 6 N–H and O–H groups in total. The van der Waals surface area contributed by atoms with Gasteiger partial charge in [0.05, 0.1) is 24.2 Å². The molecule has 44 heavy (non-hydrogen) atoms. The van der Waals surface area contributed by atoms with Crippen molar-refractivity contribution in [2.45, 2.75) is 56.7 Å². The molecular formula is C27H32N6O11. The largest absolute Gasteiger partial charge is 0.493 e. The number of nitrogens with zero attached hydrogens (tertiary/aromatic N) is 1. The standard InChI is InChI=1S/C27H32N6O11/c1-3-4-14-43-44-29-13-6-5-7-20-26(37)30-19(24(28)35)12-15-42-22-10-8-17(33(39)40)16-18(22)25(36)31-21(27(38)32-20)9-11-23(34)41-2/h1,8,10,16,19-21,29H,5-7,9,11-13,15H2,2H3,(H2,28,35)(H,30,37)(H,31,36)(H,32,38)/t19?,20-,21?/m1/s1. The predicted molar refractivity (Wildman–Crippen MR) is 149 cm³/mol. The van der Waals surface area contributed by atoms with Crippen LogP contribution in [0.15, 0.2) is 18.2 Å². The Bertz CT molecular complexity index is 1330. The number of carbonyl (C=O) groups excluding carboxylic acids is 5. The van der Waals surface area contributed by atoms with Gasteiger partial charge < -0.3 is 31.2 Å². The van der Waals surface area contributed by atoms with Crippen LogP contribution in [0.5, 0.6) is 5.75 Å². The minimum atomic E-state index is -1.38. The molecule has 3 atom stereocenters. The van der Waals surface area contributed by atoms with Gasteiger partial charge in [0.15, 0.2) is 6.11 Å². The number of hydrogen-bond donors (Lipinski definition) is 5. The number of amides is 4. The lowest BCUT2D eigenvalue weighted by Crippen LogP contribution is -2.56. The number of hydrogen-bond acceptors (Lipinski definition) is 12. The Hall–Kier alpha value is -5.39. The number of unbranched alkanes of at least 4 members (excludes halogenated alkanes) is 1. The highest BCUT2D eigenvalue weighted by Crippen LogP contribution is 2.25. The van der Waals surface area contributed by atoms with Crippen molar-refractivity contribution < 1.29 is 48.2 Å². The second kappa shape index (κ2) is 18.2. The quantitative estimate of drug-likeness (QED) is 0.0479. The molecule has 0 fully saturated rings. The van der Waals surface area contributed by atoms with Crippen LogP contribution in [0.25, 0.3) is 0 Å². The second-order valence-electron chi connectivity index (χ2n) is 9.17. The molecule has 2 rings (SSSR count). The fourth-order valence-corrected chi connectivity index (χ4v) is 3.88. The van der Waals surface area contributed by atoms with Crippen molar-refractivity contribution in [2.75, 3.05) is 20.3 Å². The zero-order valence-corrected chi connectivity index (χ0v) is 23.7. The van der Waals surface area contributed by atoms with Crippen LogP contribution in [0.3, 0.4) is 0 Å². The highest BCUT2D eigenvalue weighted by Gasteiger charge is 2.31. The summed E-state index contributed by atoms with van der Waals surface area (Å²) in [5, 5.41) is 18.9. The number of terminal acetylenes is 1. The fourth-order valence-electron chi connectivity index (χ4n) is 3.88. The highest BCUT2D eigenvalue weighted by atomic mass is 17.3. The van der Waals surface area contributed by atoms with E-state index >= 15 is 0 Å². The van der Waals surface area contributed by atoms with Gasteiger partial charge in [-0.15, -0.1) is 6.42 Å². The summed E-state index contributed by atoms with van der Waals surface area (Å²) in [6, 6.07) is -0.532. The number of carbonyl (C=O) groups is 5. The summed E-state index contributed by atoms with van der Waals surface area (Å²) >= 11 is 0. The molecule has 1 aliphatic rings. The number of fused-ring (bicyclic) bond motifs is 1. The van der Waals surface area contributed by atoms with Gasteiger partial charge in [-0.25, -0.2) is 0 Å². The summed E-state index contributed by atoms with van der Waals surface area (Å²) in [7, 11) is 1.15. The van der Waals surface area contributed by atoms with Crippen LogP contribution in [-0.2, 0) is 33.8 Å². The van der Waals surface area contributed by atoms with Gasteiger partial charge in [-0.05, 0) is 37.7 Å². The summed E-state index contributed by atoms with van der Waals surface area (Å²) < 4.78 is 10.3. The van der Waals surface area contributed by atoms with E-state index in [4.69, 9.17) is 16.9 Å². The molecule has 0 aliphatic carbocycles. The smallest absolute Gasteiger partial charge is 0.305 e. The van der Waals surface area contributed by atoms with Crippen molar-refractivity contribution in [1.29, 1.82) is 0 Å². The Kier molecular flexibility index (Phi) is 14.4. The Balaban J connectivity index is 2.32. The first kappa shape index (κ1) is 34.8. The molecule has 1 aromatic rings. The van der Waals surface area contributed by atoms with E-state index in [0.29, 0.717) is 12.8 Å². The zero-order chi connectivity index (χ0) is 32.5. The van der Waals surface area contributed by atoms with E-state index in [0.717, 1.165) is 19.2 Å². The Labute approximate surface area is 251 Å². The van der Waals surface area contributed by atoms with E-state index in [9.17, 15) is 34.1 Å². The number of methoxy groups -OCH3 is 1. The first-order chi connectivity index (χ1) is 21.1. The maximum atomic E-state index is 13.4. The number of nitro benzene ring substituents is 1. The van der Waals surface area contributed by atoms with Crippen LogP contribution in [0.1, 0.15) is 48.9 Å². The lowest BCUT2D eigenvalue weighted by molar-refractivity contribution is -0.384. The number of esters is 1. The van der Waals surface area contributed by atoms with Gasteiger partial charge in [0.25, 0.3) is 11.6 Å². The normalized spacial score (nSPS) is 18.6. The van der Waals surface area contributed by atoms with Gasteiger partial charge in [-0.1, -0.05) is 4.99 Å². The number of nitro groups is 1. The van der Waals surface area contributed by atoms with Gasteiger partial charge in [-0.2, -0.15) is 5.48 Å². The molecule has 236 valence electrons. The van der Waals surface area contributed by atoms with Crippen molar-refractivity contribution in [3.05, 3.63) is 33.9 Å². The summed E-state index contributed by atoms with van der Waals surface area (Å²) in [4.78, 5) is 83.5. The third-order valence-corrected chi connectivity index (χ3v) is 6.15. The maximum Gasteiger partial charge on any atom is 0.305 e. The number of benzene rings is 1. The predicted octanol–water partition coefficient (Wildman–Crippen LogP) is -0.899. The Morgan fingerprint density at radius 3 is 2.57 bits per heavy atom. The molecule has 1 aromatic carbocycles. The third kappa shape index (κ3) is 11.5. The third-order valence-electron chi connectivity index (χ3n) is 6.15. The van der Waals surface area contributed by atoms with Crippen molar-refractivity contribution in [1.82, 2.24) is 21.4 Å². The molecule has 1 heterocycles. The van der Waals surface area contributed by atoms with E-state index in [1.165, 1.54) is 6.07 Å². The number of primary amides is 1. The van der Waals surface area contributed by atoms with Crippen LogP contribution in [0.2, 0.25) is 0 Å². The summed E-state index contributed by atoms with van der Waals surface area (Å²) in [5.41, 5.74) is 7.25. The number of nitrogens with one attached hydrogen (secondary N) is 4. The molecule has 0 bridgehead atoms. The number of non-ortho nitro benzene ring substituents is 1. The average molecular weight is 617 g/mol. The molecule has 0 radical (unpaired) electrons. The lowest BCUT2D eigenvalue weighted by Gasteiger charge is -2.26. The molecule has 4 amide bonds. The van der Waals surface area contributed by atoms with Crippen LogP contribution < -0.4 is 31.9 Å². The minimum Gasteiger partial charge on any atom is -0.493 e. The van der Waals surface area contributed by atoms with Crippen LogP contribution in [0, 0.1) is 34.5 Å². The molecule has 1 aliphatic heterocycles. The van der Waals surface area contributed by atoms with Gasteiger partial charge in [0, 0.05) is 37.4 Å². The molecule has 0 saturated carbocycles. The first-order valence-corrected chi connectivity index (χ1v) is 13.3. The maximum absolute atomic E-state index is 13.4. The number of nitrogens with two attached hydrogens (primary N) is 1. The van der Waals surface area contributed by atoms with Crippen LogP contribution >= 0.6 is 0 Å². The molecule has 0 spiro atoms. The van der Waals surface area contributed by atoms with E-state index in [-0.39, 0.29) is 50.1 Å². The van der Waals surface area contributed by atoms with E-state index in [1.54, 1.807) is 0 Å². The molecule has 2 unspecified atom stereocenters. The first-order valence-electron chi connectivity index (χ1n) is 13.3. The molecule has 0 saturated heterocycles. The van der Waals surface area contributed by atoms with Gasteiger partial charge >= 0.3 is 5.97 Å². The molecular weight excluding hydrogens is 584 g/mol. The van der Waals surface area contributed by atoms with Crippen molar-refractivity contribution in [3.8, 4) is 30.1 Å². The highest BCUT2D eigenvalue weighted by molar-refractivity contribution is 6.01. The summed E-state index contributed by atoms with van der Waals surface area (Å²) in [6.07, 6.45) is 7.24. The van der Waals surface area contributed by atoms with E-state index < -0.39 is 58.3 Å². The molecule has 0 aromatic heterocycles. The second-order valence-corrected chi connectivity index (χ2v) is 9.17. The fraction of sp³-hybridized carbons (Fsp3) is 0.444. The topological polar surface area (TPSA) is 240 Å². The van der Waals surface area contributed by atoms with Crippen molar-refractivity contribution in [3.63, 3.8) is 0 Å². The molecule has 17 heteroatoms. The van der Waals surface area contributed by atoms with Crippen molar-refractivity contribution in [2.24, 2.45) is 5.73 Å². The van der Waals surface area contributed by atoms with Crippen molar-refractivity contribution >= 4 is 35.3 Å². The van der Waals surface area contributed by atoms with Gasteiger partial charge in [-0.3, -0.25) is 39.0 Å². The van der Waals surface area contributed by atoms with Crippen LogP contribution in [-0.4, -0.2) is 72.9 Å². The summed E-state index contributed by atoms with van der Waals surface area (Å²) in [5.74, 6) is 0.0627. The van der Waals surface area contributed by atoms with Crippen LogP contribution in [0.4, 0.5) is 5.69 Å². The van der Waals surface area contributed by atoms with E-state index in [2.05, 4.69) is 48.1 Å². The number of ether oxygens (including phenoxy) is 2. The number of hydroxylamine groups is 1.